The molecule has 1 rings (SSSR count). The molecule has 0 unspecified atom stereocenters. The molecule has 0 bridgehead atoms. The van der Waals surface area contributed by atoms with Gasteiger partial charge in [0.2, 0.25) is 0 Å². The van der Waals surface area contributed by atoms with Crippen LogP contribution in [0, 0.1) is 23.8 Å². The van der Waals surface area contributed by atoms with E-state index in [0.717, 1.165) is 6.42 Å². The Hall–Kier alpha value is 0.576. The van der Waals surface area contributed by atoms with Gasteiger partial charge in [0.05, 0.1) is 0 Å². The maximum absolute atomic E-state index is 9.83. The van der Waals surface area contributed by atoms with Crippen LogP contribution in [0.2, 0.25) is 0 Å². The van der Waals surface area contributed by atoms with E-state index in [1.807, 2.05) is 53.7 Å². The van der Waals surface area contributed by atoms with E-state index < -0.39 is 15.7 Å². The van der Waals surface area contributed by atoms with Gasteiger partial charge in [-0.1, -0.05) is 59.3 Å². The van der Waals surface area contributed by atoms with E-state index in [9.17, 15) is 10.5 Å². The quantitative estimate of drug-likeness (QED) is 0.288. The molecule has 0 spiro atoms. The number of halogens is 3. The molecule has 0 aromatic heterocycles. The Morgan fingerprint density at radius 3 is 1.12 bits per heavy atom. The summed E-state index contributed by atoms with van der Waals surface area (Å²) >= 11 is -4.83. The van der Waals surface area contributed by atoms with Crippen molar-refractivity contribution in [2.24, 2.45) is 17.8 Å². The van der Waals surface area contributed by atoms with Gasteiger partial charge in [-0.3, -0.25) is 6.08 Å². The van der Waals surface area contributed by atoms with Gasteiger partial charge in [0.15, 0.2) is 0 Å². The summed E-state index contributed by atoms with van der Waals surface area (Å²) in [5, 5.41) is 0. The van der Waals surface area contributed by atoms with Gasteiger partial charge in [0, 0.05) is 0 Å². The zero-order valence-corrected chi connectivity index (χ0v) is 21.0. The molecular formula is C17H35F3GeN3Zr. The largest absolute Gasteiger partial charge is 4.00 e. The molecule has 0 atom stereocenters. The maximum Gasteiger partial charge on any atom is 4.00 e. The molecule has 1 aliphatic carbocycles. The van der Waals surface area contributed by atoms with Crippen molar-refractivity contribution in [1.29, 1.82) is 0 Å². The second-order valence-electron chi connectivity index (χ2n) is 6.01. The zero-order chi connectivity index (χ0) is 20.0. The van der Waals surface area contributed by atoms with Crippen molar-refractivity contribution in [3.63, 3.8) is 0 Å². The normalized spacial score (nSPS) is 10.7. The minimum absolute atomic E-state index is 0. The summed E-state index contributed by atoms with van der Waals surface area (Å²) in [6.07, 6.45) is 10.0. The molecule has 147 valence electrons. The van der Waals surface area contributed by atoms with Crippen molar-refractivity contribution in [3.05, 3.63) is 41.5 Å². The van der Waals surface area contributed by atoms with E-state index >= 15 is 0 Å². The average Bonchev–Trinajstić information content (AvgIpc) is 3.07. The Kier molecular flexibility index (Phi) is 47.1. The molecule has 3 N–H and O–H groups in total. The van der Waals surface area contributed by atoms with E-state index in [0.29, 0.717) is 37.4 Å². The predicted octanol–water partition coefficient (Wildman–Crippen LogP) is 7.27. The minimum atomic E-state index is -4.83. The summed E-state index contributed by atoms with van der Waals surface area (Å²) < 4.78 is 29.5. The summed E-state index contributed by atoms with van der Waals surface area (Å²) in [6.45, 7) is 13.9. The summed E-state index contributed by atoms with van der Waals surface area (Å²) in [5.74, 6) is 1.65. The van der Waals surface area contributed by atoms with Crippen molar-refractivity contribution >= 4 is 15.7 Å². The molecule has 0 aliphatic heterocycles. The number of nitrogens with one attached hydrogen (secondary N) is 3. The Labute approximate surface area is 178 Å². The molecule has 0 saturated heterocycles. The topological polar surface area (TPSA) is 71.4 Å². The minimum Gasteiger partial charge on any atom is 4.00 e. The van der Waals surface area contributed by atoms with Crippen LogP contribution in [0.3, 0.4) is 0 Å². The van der Waals surface area contributed by atoms with Crippen LogP contribution in [-0.2, 0) is 26.2 Å². The predicted molar refractivity (Wildman–Crippen MR) is 103 cm³/mol. The fraction of sp³-hybridized carbons (Fsp3) is 0.765. The van der Waals surface area contributed by atoms with E-state index in [4.69, 9.17) is 17.2 Å². The molecule has 0 aromatic rings. The maximum atomic E-state index is 9.83. The van der Waals surface area contributed by atoms with E-state index in [1.165, 1.54) is 0 Å². The molecular weight excluding hydrogens is 467 g/mol. The number of hydrogen-bond acceptors (Lipinski definition) is 0. The second-order valence-corrected chi connectivity index (χ2v) is 6.91. The van der Waals surface area contributed by atoms with E-state index in [1.54, 1.807) is 0 Å². The number of hydrogen-bond donors (Lipinski definition) is 0. The van der Waals surface area contributed by atoms with Gasteiger partial charge in [-0.2, -0.15) is 6.08 Å². The van der Waals surface area contributed by atoms with Gasteiger partial charge in [-0.05, 0) is 0 Å². The Morgan fingerprint density at radius 2 is 1.08 bits per heavy atom. The van der Waals surface area contributed by atoms with Gasteiger partial charge in [-0.15, -0.1) is 26.1 Å². The standard InChI is InChI=1S/C5H5.3C4H10N.F3Ge.Zr/c1-2-4-5-3-1;3*1-4(2)3-5;1-4(2)3;/h1-3H,4H2;3*4-5H,3H2,1-2H3;;/q4*-1;;+4. The summed E-state index contributed by atoms with van der Waals surface area (Å²) in [4.78, 5) is 0. The molecule has 3 nitrogen and oxygen atoms in total. The van der Waals surface area contributed by atoms with Crippen LogP contribution in [-0.4, -0.2) is 35.4 Å². The van der Waals surface area contributed by atoms with Crippen LogP contribution in [0.25, 0.3) is 17.2 Å². The van der Waals surface area contributed by atoms with Gasteiger partial charge in [0.1, 0.15) is 0 Å². The monoisotopic (exact) mass is 502 g/mol. The Bertz CT molecular complexity index is 234. The fourth-order valence-corrected chi connectivity index (χ4v) is 0.340. The summed E-state index contributed by atoms with van der Waals surface area (Å²) in [7, 11) is 0. The average molecular weight is 502 g/mol. The smallest absolute Gasteiger partial charge is 4.00 e. The molecule has 1 radical (unpaired) electrons. The van der Waals surface area contributed by atoms with Crippen LogP contribution in [0.15, 0.2) is 18.2 Å². The van der Waals surface area contributed by atoms with Gasteiger partial charge < -0.3 is 17.2 Å². The first-order valence-electron chi connectivity index (χ1n) is 8.03. The summed E-state index contributed by atoms with van der Waals surface area (Å²) in [6, 6.07) is 0. The van der Waals surface area contributed by atoms with Crippen LogP contribution >= 0.6 is 0 Å². The first-order chi connectivity index (χ1) is 11.0. The third kappa shape index (κ3) is 93.5. The van der Waals surface area contributed by atoms with Crippen LogP contribution < -0.4 is 0 Å². The van der Waals surface area contributed by atoms with Crippen LogP contribution in [0.4, 0.5) is 10.5 Å². The fourth-order valence-electron chi connectivity index (χ4n) is 0.340. The SMILES string of the molecule is CC(C)C[NH-].CC(C)C[NH-].CC(C)C[NH-].[C-]1=CC=CC1.[F][Ge]([F])[F].[Zr+4]. The van der Waals surface area contributed by atoms with E-state index in [-0.39, 0.29) is 26.2 Å². The molecule has 25 heavy (non-hydrogen) atoms. The zero-order valence-electron chi connectivity index (χ0n) is 16.4. The molecule has 0 fully saturated rings. The molecule has 0 amide bonds. The van der Waals surface area contributed by atoms with Gasteiger partial charge in [0.25, 0.3) is 0 Å². The van der Waals surface area contributed by atoms with Gasteiger partial charge in [-0.25, -0.2) is 12.2 Å². The van der Waals surface area contributed by atoms with Crippen molar-refractivity contribution < 1.29 is 36.7 Å². The van der Waals surface area contributed by atoms with Crippen molar-refractivity contribution in [3.8, 4) is 0 Å². The van der Waals surface area contributed by atoms with Gasteiger partial charge >= 0.3 is 52.4 Å². The third-order valence-electron chi connectivity index (χ3n) is 1.81. The Morgan fingerprint density at radius 1 is 0.840 bits per heavy atom. The number of rotatable bonds is 3. The first-order valence-corrected chi connectivity index (χ1v) is 10.4. The Balaban J connectivity index is -0.0000000662. The van der Waals surface area contributed by atoms with Crippen molar-refractivity contribution in [1.82, 2.24) is 0 Å². The van der Waals surface area contributed by atoms with Crippen molar-refractivity contribution in [2.45, 2.75) is 48.0 Å². The summed E-state index contributed by atoms with van der Waals surface area (Å²) in [5.41, 5.74) is 20.0. The van der Waals surface area contributed by atoms with Crippen molar-refractivity contribution in [2.75, 3.05) is 19.6 Å². The molecule has 0 aromatic carbocycles. The third-order valence-corrected chi connectivity index (χ3v) is 1.81. The molecule has 0 heterocycles. The van der Waals surface area contributed by atoms with Crippen LogP contribution in [0.5, 0.6) is 0 Å². The molecule has 1 aliphatic rings. The van der Waals surface area contributed by atoms with Crippen LogP contribution in [0.1, 0.15) is 48.0 Å². The molecule has 0 saturated carbocycles. The second kappa shape index (κ2) is 32.3. The number of allylic oxidation sites excluding steroid dienone is 4. The van der Waals surface area contributed by atoms with E-state index in [2.05, 4.69) is 12.2 Å². The first kappa shape index (κ1) is 36.5. The molecule has 8 heteroatoms.